The number of rotatable bonds is 2. The van der Waals surface area contributed by atoms with E-state index in [1.807, 2.05) is 43.3 Å². The zero-order valence-corrected chi connectivity index (χ0v) is 11.2. The Labute approximate surface area is 118 Å². The summed E-state index contributed by atoms with van der Waals surface area (Å²) in [6.07, 6.45) is 0. The summed E-state index contributed by atoms with van der Waals surface area (Å²) >= 11 is 0. The van der Waals surface area contributed by atoms with Gasteiger partial charge in [0, 0.05) is 5.69 Å². The zero-order chi connectivity index (χ0) is 13.9. The summed E-state index contributed by atoms with van der Waals surface area (Å²) in [5.74, 6) is 0. The van der Waals surface area contributed by atoms with Crippen molar-refractivity contribution in [2.45, 2.75) is 6.92 Å². The Morgan fingerprint density at radius 2 is 1.70 bits per heavy atom. The van der Waals surface area contributed by atoms with Crippen LogP contribution in [0.15, 0.2) is 60.7 Å². The van der Waals surface area contributed by atoms with Crippen LogP contribution in [0.5, 0.6) is 0 Å². The van der Waals surface area contributed by atoms with E-state index in [-0.39, 0.29) is 0 Å². The third kappa shape index (κ3) is 2.22. The van der Waals surface area contributed by atoms with Crippen LogP contribution in [0.3, 0.4) is 0 Å². The van der Waals surface area contributed by atoms with Crippen molar-refractivity contribution < 1.29 is 0 Å². The zero-order valence-electron chi connectivity index (χ0n) is 11.2. The molecule has 0 saturated carbocycles. The Morgan fingerprint density at radius 3 is 2.50 bits per heavy atom. The predicted molar refractivity (Wildman–Crippen MR) is 83.1 cm³/mol. The average Bonchev–Trinajstić information content (AvgIpc) is 2.49. The summed E-state index contributed by atoms with van der Waals surface area (Å²) in [5.41, 5.74) is 3.61. The van der Waals surface area contributed by atoms with Crippen LogP contribution in [0.4, 0.5) is 11.4 Å². The standard InChI is InChI=1S/C18H14N2/c1-13-5-4-8-16(12-19)18(13)20-17-10-9-14-6-2-3-7-15(14)11-17/h2-11,20H,1H3. The van der Waals surface area contributed by atoms with E-state index < -0.39 is 0 Å². The van der Waals surface area contributed by atoms with Gasteiger partial charge in [-0.1, -0.05) is 42.5 Å². The van der Waals surface area contributed by atoms with Crippen LogP contribution in [-0.4, -0.2) is 0 Å². The lowest BCUT2D eigenvalue weighted by Crippen LogP contribution is -1.96. The van der Waals surface area contributed by atoms with Crippen LogP contribution >= 0.6 is 0 Å². The molecule has 3 rings (SSSR count). The maximum atomic E-state index is 9.20. The van der Waals surface area contributed by atoms with E-state index in [9.17, 15) is 5.26 Å². The molecule has 0 saturated heterocycles. The summed E-state index contributed by atoms with van der Waals surface area (Å²) < 4.78 is 0. The number of hydrogen-bond acceptors (Lipinski definition) is 2. The summed E-state index contributed by atoms with van der Waals surface area (Å²) in [6, 6.07) is 22.4. The monoisotopic (exact) mass is 258 g/mol. The molecule has 2 heteroatoms. The van der Waals surface area contributed by atoms with Gasteiger partial charge >= 0.3 is 0 Å². The van der Waals surface area contributed by atoms with Gasteiger partial charge in [0.05, 0.1) is 11.3 Å². The van der Waals surface area contributed by atoms with E-state index in [4.69, 9.17) is 0 Å². The first-order valence-electron chi connectivity index (χ1n) is 6.53. The number of hydrogen-bond donors (Lipinski definition) is 1. The highest BCUT2D eigenvalue weighted by Crippen LogP contribution is 2.26. The fourth-order valence-corrected chi connectivity index (χ4v) is 2.34. The number of nitriles is 1. The Bertz CT molecular complexity index is 813. The smallest absolute Gasteiger partial charge is 0.101 e. The van der Waals surface area contributed by atoms with E-state index in [0.717, 1.165) is 16.9 Å². The van der Waals surface area contributed by atoms with Gasteiger partial charge in [-0.15, -0.1) is 0 Å². The third-order valence-corrected chi connectivity index (χ3v) is 3.41. The first-order valence-corrected chi connectivity index (χ1v) is 6.53. The molecule has 0 atom stereocenters. The van der Waals surface area contributed by atoms with Gasteiger partial charge in [-0.05, 0) is 41.5 Å². The molecule has 0 bridgehead atoms. The van der Waals surface area contributed by atoms with Crippen molar-refractivity contribution in [1.82, 2.24) is 0 Å². The fourth-order valence-electron chi connectivity index (χ4n) is 2.34. The average molecular weight is 258 g/mol. The van der Waals surface area contributed by atoms with Gasteiger partial charge in [-0.25, -0.2) is 0 Å². The Kier molecular flexibility index (Phi) is 3.10. The SMILES string of the molecule is Cc1cccc(C#N)c1Nc1ccc2ccccc2c1. The number of fused-ring (bicyclic) bond motifs is 1. The second-order valence-electron chi connectivity index (χ2n) is 4.80. The number of para-hydroxylation sites is 1. The molecule has 0 aliphatic rings. The van der Waals surface area contributed by atoms with E-state index in [0.29, 0.717) is 5.56 Å². The van der Waals surface area contributed by atoms with Gasteiger partial charge < -0.3 is 5.32 Å². The van der Waals surface area contributed by atoms with Crippen molar-refractivity contribution in [3.05, 3.63) is 71.8 Å². The highest BCUT2D eigenvalue weighted by molar-refractivity contribution is 5.87. The van der Waals surface area contributed by atoms with Crippen LogP contribution in [0, 0.1) is 18.3 Å². The van der Waals surface area contributed by atoms with Crippen molar-refractivity contribution in [3.63, 3.8) is 0 Å². The van der Waals surface area contributed by atoms with Gasteiger partial charge in [0.25, 0.3) is 0 Å². The van der Waals surface area contributed by atoms with Gasteiger partial charge in [0.15, 0.2) is 0 Å². The molecule has 2 nitrogen and oxygen atoms in total. The van der Waals surface area contributed by atoms with Gasteiger partial charge in [-0.2, -0.15) is 5.26 Å². The van der Waals surface area contributed by atoms with Crippen molar-refractivity contribution in [3.8, 4) is 6.07 Å². The number of anilines is 2. The molecular weight excluding hydrogens is 244 g/mol. The van der Waals surface area contributed by atoms with Gasteiger partial charge in [-0.3, -0.25) is 0 Å². The molecule has 0 amide bonds. The fraction of sp³-hybridized carbons (Fsp3) is 0.0556. The second kappa shape index (κ2) is 5.07. The molecule has 20 heavy (non-hydrogen) atoms. The molecule has 0 radical (unpaired) electrons. The minimum Gasteiger partial charge on any atom is -0.354 e. The lowest BCUT2D eigenvalue weighted by molar-refractivity contribution is 1.39. The Balaban J connectivity index is 2.04. The van der Waals surface area contributed by atoms with Crippen LogP contribution in [0.1, 0.15) is 11.1 Å². The molecule has 96 valence electrons. The van der Waals surface area contributed by atoms with Crippen molar-refractivity contribution in [2.75, 3.05) is 5.32 Å². The predicted octanol–water partition coefficient (Wildman–Crippen LogP) is 4.76. The molecule has 0 heterocycles. The molecule has 0 aliphatic carbocycles. The quantitative estimate of drug-likeness (QED) is 0.719. The highest BCUT2D eigenvalue weighted by Gasteiger charge is 2.05. The van der Waals surface area contributed by atoms with Gasteiger partial charge in [0.2, 0.25) is 0 Å². The highest BCUT2D eigenvalue weighted by atomic mass is 14.9. The lowest BCUT2D eigenvalue weighted by Gasteiger charge is -2.12. The lowest BCUT2D eigenvalue weighted by atomic mass is 10.1. The van der Waals surface area contributed by atoms with Crippen LogP contribution in [0.2, 0.25) is 0 Å². The molecule has 3 aromatic carbocycles. The van der Waals surface area contributed by atoms with Crippen LogP contribution in [-0.2, 0) is 0 Å². The summed E-state index contributed by atoms with van der Waals surface area (Å²) in [4.78, 5) is 0. The third-order valence-electron chi connectivity index (χ3n) is 3.41. The molecule has 1 N–H and O–H groups in total. The van der Waals surface area contributed by atoms with Crippen molar-refractivity contribution >= 4 is 22.1 Å². The van der Waals surface area contributed by atoms with Crippen molar-refractivity contribution in [1.29, 1.82) is 5.26 Å². The normalized spacial score (nSPS) is 10.2. The molecule has 3 aromatic rings. The van der Waals surface area contributed by atoms with Gasteiger partial charge in [0.1, 0.15) is 6.07 Å². The molecule has 0 aromatic heterocycles. The van der Waals surface area contributed by atoms with E-state index in [1.165, 1.54) is 10.8 Å². The number of benzene rings is 3. The minimum atomic E-state index is 0.665. The second-order valence-corrected chi connectivity index (χ2v) is 4.80. The summed E-state index contributed by atoms with van der Waals surface area (Å²) in [7, 11) is 0. The topological polar surface area (TPSA) is 35.8 Å². The van der Waals surface area contributed by atoms with Crippen LogP contribution < -0.4 is 5.32 Å². The Hall–Kier alpha value is -2.79. The summed E-state index contributed by atoms with van der Waals surface area (Å²) in [6.45, 7) is 2.00. The van der Waals surface area contributed by atoms with Crippen molar-refractivity contribution in [2.24, 2.45) is 0 Å². The van der Waals surface area contributed by atoms with E-state index in [1.54, 1.807) is 0 Å². The molecule has 0 fully saturated rings. The van der Waals surface area contributed by atoms with E-state index in [2.05, 4.69) is 35.7 Å². The molecule has 0 aliphatic heterocycles. The Morgan fingerprint density at radius 1 is 0.900 bits per heavy atom. The molecular formula is C18H14N2. The first kappa shape index (κ1) is 12.3. The largest absolute Gasteiger partial charge is 0.354 e. The van der Waals surface area contributed by atoms with E-state index >= 15 is 0 Å². The minimum absolute atomic E-state index is 0.665. The van der Waals surface area contributed by atoms with Crippen LogP contribution in [0.25, 0.3) is 10.8 Å². The molecule has 0 unspecified atom stereocenters. The molecule has 0 spiro atoms. The first-order chi connectivity index (χ1) is 9.78. The number of nitrogens with one attached hydrogen (secondary N) is 1. The number of aryl methyl sites for hydroxylation is 1. The maximum Gasteiger partial charge on any atom is 0.101 e. The maximum absolute atomic E-state index is 9.20. The number of nitrogens with zero attached hydrogens (tertiary/aromatic N) is 1. The summed E-state index contributed by atoms with van der Waals surface area (Å²) in [5, 5.41) is 15.0.